The zero-order chi connectivity index (χ0) is 18.9. The quantitative estimate of drug-likeness (QED) is 0.652. The van der Waals surface area contributed by atoms with Crippen molar-refractivity contribution in [2.45, 2.75) is 26.7 Å². The second-order valence-corrected chi connectivity index (χ2v) is 5.92. The number of anilines is 2. The van der Waals surface area contributed by atoms with Crippen molar-refractivity contribution in [3.8, 4) is 5.75 Å². The number of unbranched alkanes of at least 4 members (excludes halogenated alkanes) is 1. The van der Waals surface area contributed by atoms with Crippen molar-refractivity contribution in [1.29, 1.82) is 0 Å². The molecule has 0 aromatic heterocycles. The number of aryl methyl sites for hydroxylation is 1. The van der Waals surface area contributed by atoms with E-state index in [2.05, 4.69) is 22.9 Å². The van der Waals surface area contributed by atoms with Crippen LogP contribution in [-0.2, 0) is 0 Å². The molecule has 2 rings (SSSR count). The van der Waals surface area contributed by atoms with E-state index in [0.717, 1.165) is 18.4 Å². The summed E-state index contributed by atoms with van der Waals surface area (Å²) in [5, 5.41) is 8.46. The first-order chi connectivity index (χ1) is 12.5. The number of hydrogen-bond donors (Lipinski definition) is 3. The van der Waals surface area contributed by atoms with Gasteiger partial charge in [0.15, 0.2) is 0 Å². The third-order valence-electron chi connectivity index (χ3n) is 3.89. The molecule has 2 aromatic rings. The van der Waals surface area contributed by atoms with Crippen molar-refractivity contribution >= 4 is 23.3 Å². The van der Waals surface area contributed by atoms with E-state index >= 15 is 0 Å². The largest absolute Gasteiger partial charge is 0.494 e. The monoisotopic (exact) mass is 355 g/mol. The Hall–Kier alpha value is -3.02. The van der Waals surface area contributed by atoms with E-state index in [1.54, 1.807) is 24.3 Å². The number of carbonyl (C=O) groups excluding carboxylic acids is 2. The number of amides is 3. The van der Waals surface area contributed by atoms with Crippen LogP contribution in [0.4, 0.5) is 16.2 Å². The first-order valence-electron chi connectivity index (χ1n) is 8.65. The molecule has 2 aromatic carbocycles. The maximum atomic E-state index is 12.3. The molecule has 0 atom stereocenters. The number of methoxy groups -OCH3 is 1. The molecule has 3 N–H and O–H groups in total. The Morgan fingerprint density at radius 1 is 1.04 bits per heavy atom. The van der Waals surface area contributed by atoms with Gasteiger partial charge in [0.25, 0.3) is 5.91 Å². The molecule has 0 aliphatic carbocycles. The number of rotatable bonds is 7. The van der Waals surface area contributed by atoms with E-state index in [0.29, 0.717) is 29.2 Å². The van der Waals surface area contributed by atoms with E-state index < -0.39 is 0 Å². The minimum absolute atomic E-state index is 0.200. The van der Waals surface area contributed by atoms with Crippen molar-refractivity contribution < 1.29 is 14.3 Å². The maximum Gasteiger partial charge on any atom is 0.319 e. The third-order valence-corrected chi connectivity index (χ3v) is 3.89. The highest BCUT2D eigenvalue weighted by molar-refractivity contribution is 6.05. The topological polar surface area (TPSA) is 79.5 Å². The lowest BCUT2D eigenvalue weighted by molar-refractivity contribution is 0.102. The summed E-state index contributed by atoms with van der Waals surface area (Å²) < 4.78 is 5.36. The Kier molecular flexibility index (Phi) is 7.02. The van der Waals surface area contributed by atoms with Gasteiger partial charge in [-0.25, -0.2) is 4.79 Å². The molecule has 26 heavy (non-hydrogen) atoms. The maximum absolute atomic E-state index is 12.3. The van der Waals surface area contributed by atoms with Gasteiger partial charge >= 0.3 is 6.03 Å². The zero-order valence-electron chi connectivity index (χ0n) is 15.4. The van der Waals surface area contributed by atoms with E-state index in [9.17, 15) is 9.59 Å². The summed E-state index contributed by atoms with van der Waals surface area (Å²) in [7, 11) is 1.52. The van der Waals surface area contributed by atoms with Crippen LogP contribution >= 0.6 is 0 Å². The van der Waals surface area contributed by atoms with Crippen LogP contribution in [-0.4, -0.2) is 25.6 Å². The van der Waals surface area contributed by atoms with Crippen LogP contribution in [0.15, 0.2) is 42.5 Å². The molecule has 0 bridgehead atoms. The summed E-state index contributed by atoms with van der Waals surface area (Å²) >= 11 is 0. The van der Waals surface area contributed by atoms with Gasteiger partial charge < -0.3 is 20.7 Å². The van der Waals surface area contributed by atoms with Gasteiger partial charge in [0.05, 0.1) is 12.8 Å². The summed E-state index contributed by atoms with van der Waals surface area (Å²) in [6.45, 7) is 4.55. The van der Waals surface area contributed by atoms with Crippen LogP contribution in [0.2, 0.25) is 0 Å². The normalized spacial score (nSPS) is 10.1. The number of ether oxygens (including phenoxy) is 1. The summed E-state index contributed by atoms with van der Waals surface area (Å²) in [4.78, 5) is 24.3. The van der Waals surface area contributed by atoms with Gasteiger partial charge in [-0.2, -0.15) is 0 Å². The number of benzene rings is 2. The molecule has 0 fully saturated rings. The minimum Gasteiger partial charge on any atom is -0.494 e. The fraction of sp³-hybridized carbons (Fsp3) is 0.300. The van der Waals surface area contributed by atoms with Crippen molar-refractivity contribution in [1.82, 2.24) is 5.32 Å². The van der Waals surface area contributed by atoms with Gasteiger partial charge in [-0.1, -0.05) is 31.5 Å². The van der Waals surface area contributed by atoms with Gasteiger partial charge in [0.2, 0.25) is 0 Å². The standard InChI is InChI=1S/C20H25N3O3/c1-4-5-11-21-20(25)23-17-12-14(2)16(13-18(17)26-3)22-19(24)15-9-7-6-8-10-15/h6-10,12-13H,4-5,11H2,1-3H3,(H,22,24)(H2,21,23,25). The highest BCUT2D eigenvalue weighted by Crippen LogP contribution is 2.31. The molecule has 0 saturated carbocycles. The third kappa shape index (κ3) is 5.24. The smallest absolute Gasteiger partial charge is 0.319 e. The van der Waals surface area contributed by atoms with Crippen LogP contribution in [0, 0.1) is 6.92 Å². The summed E-state index contributed by atoms with van der Waals surface area (Å²) in [5.74, 6) is 0.276. The number of carbonyl (C=O) groups is 2. The van der Waals surface area contributed by atoms with Gasteiger partial charge in [-0.3, -0.25) is 4.79 Å². The van der Waals surface area contributed by atoms with Crippen molar-refractivity contribution in [2.75, 3.05) is 24.3 Å². The molecule has 3 amide bonds. The molecule has 0 unspecified atom stereocenters. The van der Waals surface area contributed by atoms with E-state index in [4.69, 9.17) is 4.74 Å². The summed E-state index contributed by atoms with van der Waals surface area (Å²) in [6, 6.07) is 12.2. The number of urea groups is 1. The lowest BCUT2D eigenvalue weighted by atomic mass is 10.1. The molecule has 0 radical (unpaired) electrons. The zero-order valence-corrected chi connectivity index (χ0v) is 15.4. The van der Waals surface area contributed by atoms with Crippen LogP contribution < -0.4 is 20.7 Å². The predicted octanol–water partition coefficient (Wildman–Crippen LogP) is 4.18. The van der Waals surface area contributed by atoms with Crippen LogP contribution in [0.3, 0.4) is 0 Å². The highest BCUT2D eigenvalue weighted by Gasteiger charge is 2.13. The lowest BCUT2D eigenvalue weighted by Gasteiger charge is -2.15. The summed E-state index contributed by atoms with van der Waals surface area (Å²) in [5.41, 5.74) is 2.58. The van der Waals surface area contributed by atoms with Gasteiger partial charge in [0, 0.05) is 23.9 Å². The molecule has 0 spiro atoms. The number of nitrogens with one attached hydrogen (secondary N) is 3. The Balaban J connectivity index is 2.13. The minimum atomic E-state index is -0.280. The number of hydrogen-bond acceptors (Lipinski definition) is 3. The molecule has 6 nitrogen and oxygen atoms in total. The fourth-order valence-electron chi connectivity index (χ4n) is 2.42. The average Bonchev–Trinajstić information content (AvgIpc) is 2.64. The Morgan fingerprint density at radius 3 is 2.42 bits per heavy atom. The molecule has 138 valence electrons. The second kappa shape index (κ2) is 9.46. The SMILES string of the molecule is CCCCNC(=O)Nc1cc(C)c(NC(=O)c2ccccc2)cc1OC. The van der Waals surface area contributed by atoms with Crippen molar-refractivity contribution in [3.63, 3.8) is 0 Å². The summed E-state index contributed by atoms with van der Waals surface area (Å²) in [6.07, 6.45) is 1.94. The molecule has 0 aliphatic heterocycles. The Morgan fingerprint density at radius 2 is 1.77 bits per heavy atom. The Bertz CT molecular complexity index is 760. The van der Waals surface area contributed by atoms with Gasteiger partial charge in [-0.15, -0.1) is 0 Å². The highest BCUT2D eigenvalue weighted by atomic mass is 16.5. The molecule has 0 heterocycles. The van der Waals surface area contributed by atoms with Crippen LogP contribution in [0.1, 0.15) is 35.7 Å². The van der Waals surface area contributed by atoms with Gasteiger partial charge in [-0.05, 0) is 37.1 Å². The van der Waals surface area contributed by atoms with Crippen molar-refractivity contribution in [2.24, 2.45) is 0 Å². The first-order valence-corrected chi connectivity index (χ1v) is 8.65. The predicted molar refractivity (Wildman–Crippen MR) is 104 cm³/mol. The molecule has 0 aliphatic rings. The van der Waals surface area contributed by atoms with E-state index in [1.807, 2.05) is 25.1 Å². The first kappa shape index (κ1) is 19.3. The molecule has 6 heteroatoms. The van der Waals surface area contributed by atoms with Crippen LogP contribution in [0.5, 0.6) is 5.75 Å². The fourth-order valence-corrected chi connectivity index (χ4v) is 2.42. The van der Waals surface area contributed by atoms with E-state index in [-0.39, 0.29) is 11.9 Å². The molecular weight excluding hydrogens is 330 g/mol. The average molecular weight is 355 g/mol. The van der Waals surface area contributed by atoms with Crippen molar-refractivity contribution in [3.05, 3.63) is 53.6 Å². The lowest BCUT2D eigenvalue weighted by Crippen LogP contribution is -2.29. The molecule has 0 saturated heterocycles. The Labute approximate surface area is 153 Å². The van der Waals surface area contributed by atoms with Crippen LogP contribution in [0.25, 0.3) is 0 Å². The van der Waals surface area contributed by atoms with E-state index in [1.165, 1.54) is 7.11 Å². The molecular formula is C20H25N3O3. The van der Waals surface area contributed by atoms with Gasteiger partial charge in [0.1, 0.15) is 5.75 Å². The second-order valence-electron chi connectivity index (χ2n) is 5.92.